The number of carbonyl (C=O) groups excluding carboxylic acids is 1. The molecule has 130 valence electrons. The maximum absolute atomic E-state index is 12.6. The number of likely N-dealkylation sites (tertiary alicyclic amines) is 1. The van der Waals surface area contributed by atoms with Gasteiger partial charge in [-0.05, 0) is 19.1 Å². The molecule has 0 spiro atoms. The standard InChI is InChI=1S/C15H24N2O5S/c1-4-11-6-7-14(22-11)13(10-21-3)16-23(19,20)12-8-15(18)17(5-2)9-12/h6-7,12-13,16H,4-5,8-10H2,1-3H3/t12-,13-/m1/s1. The third-order valence-corrected chi connectivity index (χ3v) is 5.82. The van der Waals surface area contributed by atoms with E-state index < -0.39 is 21.3 Å². The number of rotatable bonds is 8. The minimum absolute atomic E-state index is 0.0151. The van der Waals surface area contributed by atoms with Crippen LogP contribution in [0.5, 0.6) is 0 Å². The highest BCUT2D eigenvalue weighted by Gasteiger charge is 2.39. The Morgan fingerprint density at radius 3 is 2.70 bits per heavy atom. The Hall–Kier alpha value is -1.38. The normalized spacial score (nSPS) is 20.2. The first-order chi connectivity index (χ1) is 10.9. The molecule has 2 rings (SSSR count). The molecule has 1 fully saturated rings. The van der Waals surface area contributed by atoms with Crippen molar-refractivity contribution in [3.8, 4) is 0 Å². The van der Waals surface area contributed by atoms with E-state index in [4.69, 9.17) is 9.15 Å². The summed E-state index contributed by atoms with van der Waals surface area (Å²) < 4.78 is 38.5. The van der Waals surface area contributed by atoms with Crippen molar-refractivity contribution >= 4 is 15.9 Å². The number of aryl methyl sites for hydroxylation is 1. The number of furan rings is 1. The second-order valence-corrected chi connectivity index (χ2v) is 7.58. The monoisotopic (exact) mass is 344 g/mol. The number of hydrogen-bond acceptors (Lipinski definition) is 5. The number of nitrogens with zero attached hydrogens (tertiary/aromatic N) is 1. The van der Waals surface area contributed by atoms with Crippen molar-refractivity contribution in [2.45, 2.75) is 38.0 Å². The zero-order valence-corrected chi connectivity index (χ0v) is 14.6. The first kappa shape index (κ1) is 18.0. The molecule has 1 amide bonds. The van der Waals surface area contributed by atoms with Crippen LogP contribution in [0.2, 0.25) is 0 Å². The van der Waals surface area contributed by atoms with Crippen LogP contribution in [0.4, 0.5) is 0 Å². The highest BCUT2D eigenvalue weighted by atomic mass is 32.2. The van der Waals surface area contributed by atoms with E-state index in [1.54, 1.807) is 11.0 Å². The third-order valence-electron chi connectivity index (χ3n) is 4.01. The summed E-state index contributed by atoms with van der Waals surface area (Å²) in [6, 6.07) is 2.98. The van der Waals surface area contributed by atoms with E-state index in [1.165, 1.54) is 7.11 Å². The summed E-state index contributed by atoms with van der Waals surface area (Å²) in [5, 5.41) is -0.741. The molecule has 7 nitrogen and oxygen atoms in total. The van der Waals surface area contributed by atoms with Gasteiger partial charge < -0.3 is 14.1 Å². The predicted molar refractivity (Wildman–Crippen MR) is 85.4 cm³/mol. The van der Waals surface area contributed by atoms with E-state index >= 15 is 0 Å². The Balaban J connectivity index is 2.13. The second kappa shape index (κ2) is 7.46. The average molecular weight is 344 g/mol. The van der Waals surface area contributed by atoms with E-state index in [9.17, 15) is 13.2 Å². The molecule has 2 atom stereocenters. The van der Waals surface area contributed by atoms with E-state index in [2.05, 4.69) is 4.72 Å². The van der Waals surface area contributed by atoms with Crippen molar-refractivity contribution < 1.29 is 22.4 Å². The van der Waals surface area contributed by atoms with E-state index in [0.29, 0.717) is 12.3 Å². The molecule has 0 unspecified atom stereocenters. The smallest absolute Gasteiger partial charge is 0.224 e. The quantitative estimate of drug-likeness (QED) is 0.762. The molecule has 0 saturated carbocycles. The van der Waals surface area contributed by atoms with Crippen molar-refractivity contribution in [2.75, 3.05) is 26.8 Å². The van der Waals surface area contributed by atoms with Gasteiger partial charge in [-0.3, -0.25) is 4.79 Å². The molecule has 0 bridgehead atoms. The molecule has 1 saturated heterocycles. The Bertz CT molecular complexity index is 640. The number of ether oxygens (including phenoxy) is 1. The van der Waals surface area contributed by atoms with Gasteiger partial charge in [0.05, 0.1) is 6.61 Å². The first-order valence-corrected chi connectivity index (χ1v) is 9.32. The summed E-state index contributed by atoms with van der Waals surface area (Å²) in [7, 11) is -2.15. The number of methoxy groups -OCH3 is 1. The molecule has 0 radical (unpaired) electrons. The number of amides is 1. The zero-order valence-electron chi connectivity index (χ0n) is 13.7. The SMILES string of the molecule is CCc1ccc([C@@H](COC)NS(=O)(=O)[C@@H]2CC(=O)N(CC)C2)o1. The maximum atomic E-state index is 12.6. The van der Waals surface area contributed by atoms with Crippen LogP contribution in [0.25, 0.3) is 0 Å². The molecular formula is C15H24N2O5S. The molecule has 23 heavy (non-hydrogen) atoms. The van der Waals surface area contributed by atoms with Gasteiger partial charge in [-0.15, -0.1) is 0 Å². The van der Waals surface area contributed by atoms with Crippen LogP contribution in [0.15, 0.2) is 16.5 Å². The van der Waals surface area contributed by atoms with Gasteiger partial charge in [-0.1, -0.05) is 6.92 Å². The van der Waals surface area contributed by atoms with Crippen LogP contribution >= 0.6 is 0 Å². The molecule has 1 aliphatic rings. The molecular weight excluding hydrogens is 320 g/mol. The summed E-state index contributed by atoms with van der Waals surface area (Å²) in [6.07, 6.45) is 0.746. The van der Waals surface area contributed by atoms with Crippen LogP contribution in [0, 0.1) is 0 Å². The predicted octanol–water partition coefficient (Wildman–Crippen LogP) is 1.07. The number of sulfonamides is 1. The molecule has 1 aliphatic heterocycles. The van der Waals surface area contributed by atoms with Gasteiger partial charge in [0, 0.05) is 33.0 Å². The van der Waals surface area contributed by atoms with Crippen molar-refractivity contribution in [3.63, 3.8) is 0 Å². The molecule has 0 aliphatic carbocycles. The number of carbonyl (C=O) groups is 1. The first-order valence-electron chi connectivity index (χ1n) is 7.77. The Morgan fingerprint density at radius 2 is 2.17 bits per heavy atom. The van der Waals surface area contributed by atoms with E-state index in [1.807, 2.05) is 19.9 Å². The Labute approximate surface area is 137 Å². The lowest BCUT2D eigenvalue weighted by molar-refractivity contribution is -0.127. The van der Waals surface area contributed by atoms with Crippen LogP contribution in [0.3, 0.4) is 0 Å². The highest BCUT2D eigenvalue weighted by molar-refractivity contribution is 7.90. The molecule has 0 aromatic carbocycles. The van der Waals surface area contributed by atoms with Crippen LogP contribution in [0.1, 0.15) is 37.8 Å². The van der Waals surface area contributed by atoms with Gasteiger partial charge in [0.2, 0.25) is 15.9 Å². The lowest BCUT2D eigenvalue weighted by Gasteiger charge is -2.19. The average Bonchev–Trinajstić information content (AvgIpc) is 3.13. The van der Waals surface area contributed by atoms with Crippen molar-refractivity contribution in [1.29, 1.82) is 0 Å². The van der Waals surface area contributed by atoms with Crippen molar-refractivity contribution in [3.05, 3.63) is 23.7 Å². The number of nitrogens with one attached hydrogen (secondary N) is 1. The summed E-state index contributed by atoms with van der Waals surface area (Å²) in [4.78, 5) is 13.3. The van der Waals surface area contributed by atoms with E-state index in [0.717, 1.165) is 12.2 Å². The topological polar surface area (TPSA) is 88.8 Å². The molecule has 1 aromatic heterocycles. The highest BCUT2D eigenvalue weighted by Crippen LogP contribution is 2.22. The van der Waals surface area contributed by atoms with Gasteiger partial charge in [-0.25, -0.2) is 13.1 Å². The van der Waals surface area contributed by atoms with Gasteiger partial charge in [0.1, 0.15) is 22.8 Å². The summed E-state index contributed by atoms with van der Waals surface area (Å²) in [6.45, 7) is 4.70. The minimum atomic E-state index is -3.66. The summed E-state index contributed by atoms with van der Waals surface area (Å²) in [5.74, 6) is 1.18. The molecule has 8 heteroatoms. The van der Waals surface area contributed by atoms with Gasteiger partial charge in [-0.2, -0.15) is 0 Å². The fourth-order valence-electron chi connectivity index (χ4n) is 2.66. The summed E-state index contributed by atoms with van der Waals surface area (Å²) >= 11 is 0. The minimum Gasteiger partial charge on any atom is -0.464 e. The molecule has 1 N–H and O–H groups in total. The van der Waals surface area contributed by atoms with Gasteiger partial charge in [0.25, 0.3) is 0 Å². The third kappa shape index (κ3) is 4.13. The summed E-state index contributed by atoms with van der Waals surface area (Å²) in [5.41, 5.74) is 0. The fourth-order valence-corrected chi connectivity index (χ4v) is 4.17. The lowest BCUT2D eigenvalue weighted by Crippen LogP contribution is -2.39. The zero-order chi connectivity index (χ0) is 17.0. The fraction of sp³-hybridized carbons (Fsp3) is 0.667. The van der Waals surface area contributed by atoms with Crippen LogP contribution < -0.4 is 4.72 Å². The second-order valence-electron chi connectivity index (χ2n) is 5.59. The van der Waals surface area contributed by atoms with Crippen LogP contribution in [-0.2, 0) is 26.0 Å². The molecule has 1 aromatic rings. The Kier molecular flexibility index (Phi) is 5.83. The van der Waals surface area contributed by atoms with Gasteiger partial charge in [0.15, 0.2) is 0 Å². The van der Waals surface area contributed by atoms with Gasteiger partial charge >= 0.3 is 0 Å². The van der Waals surface area contributed by atoms with Crippen LogP contribution in [-0.4, -0.2) is 51.3 Å². The van der Waals surface area contributed by atoms with Crippen molar-refractivity contribution in [2.24, 2.45) is 0 Å². The van der Waals surface area contributed by atoms with E-state index in [-0.39, 0.29) is 25.5 Å². The van der Waals surface area contributed by atoms with Crippen molar-refractivity contribution in [1.82, 2.24) is 9.62 Å². The Morgan fingerprint density at radius 1 is 1.43 bits per heavy atom. The molecule has 2 heterocycles. The largest absolute Gasteiger partial charge is 0.464 e. The number of hydrogen-bond donors (Lipinski definition) is 1. The maximum Gasteiger partial charge on any atom is 0.224 e. The lowest BCUT2D eigenvalue weighted by atomic mass is 10.2.